The van der Waals surface area contributed by atoms with Gasteiger partial charge in [0.1, 0.15) is 0 Å². The second-order valence-electron chi connectivity index (χ2n) is 5.51. The zero-order valence-electron chi connectivity index (χ0n) is 12.6. The molecule has 0 aromatic carbocycles. The molecule has 0 radical (unpaired) electrons. The average Bonchev–Trinajstić information content (AvgIpc) is 2.44. The van der Waals surface area contributed by atoms with Gasteiger partial charge in [0.25, 0.3) is 0 Å². The van der Waals surface area contributed by atoms with E-state index in [1.807, 2.05) is 32.2 Å². The van der Waals surface area contributed by atoms with Gasteiger partial charge in [-0.1, -0.05) is 44.9 Å². The fourth-order valence-electron chi connectivity index (χ4n) is 1.62. The Hall–Kier alpha value is -1.81. The molecule has 0 aliphatic heterocycles. The van der Waals surface area contributed by atoms with Crippen LogP contribution < -0.4 is 0 Å². The van der Waals surface area contributed by atoms with E-state index in [-0.39, 0.29) is 5.41 Å². The predicted molar refractivity (Wildman–Crippen MR) is 83.8 cm³/mol. The van der Waals surface area contributed by atoms with Crippen molar-refractivity contribution in [2.75, 3.05) is 0 Å². The minimum Gasteiger partial charge on any atom is -0.256 e. The van der Waals surface area contributed by atoms with Crippen molar-refractivity contribution >= 4 is 5.57 Å². The van der Waals surface area contributed by atoms with E-state index in [0.29, 0.717) is 0 Å². The standard InChI is InChI=1S/C18H23N/c1-7-14(3)9-10-15(4)17-12-11-16(13-19-17)18(5,6)8-2/h1,9-13H,8H2,2-6H3/b14-9-,15-10+. The average molecular weight is 253 g/mol. The van der Waals surface area contributed by atoms with Crippen molar-refractivity contribution in [1.82, 2.24) is 4.98 Å². The van der Waals surface area contributed by atoms with E-state index in [0.717, 1.165) is 23.3 Å². The molecule has 0 amide bonds. The molecule has 1 aromatic heterocycles. The summed E-state index contributed by atoms with van der Waals surface area (Å²) in [6.07, 6.45) is 12.4. The molecule has 0 saturated heterocycles. The molecule has 0 N–H and O–H groups in total. The molecule has 0 aliphatic carbocycles. The summed E-state index contributed by atoms with van der Waals surface area (Å²) in [6.45, 7) is 10.7. The van der Waals surface area contributed by atoms with Crippen LogP contribution in [0.1, 0.15) is 52.3 Å². The van der Waals surface area contributed by atoms with Crippen LogP contribution in [-0.2, 0) is 5.41 Å². The minimum atomic E-state index is 0.184. The Morgan fingerprint density at radius 3 is 2.47 bits per heavy atom. The van der Waals surface area contributed by atoms with Crippen LogP contribution in [0.15, 0.2) is 36.1 Å². The van der Waals surface area contributed by atoms with E-state index in [1.54, 1.807) is 0 Å². The number of terminal acetylenes is 1. The molecule has 100 valence electrons. The zero-order chi connectivity index (χ0) is 14.5. The van der Waals surface area contributed by atoms with Gasteiger partial charge in [-0.3, -0.25) is 4.98 Å². The molecule has 1 rings (SSSR count). The van der Waals surface area contributed by atoms with Crippen LogP contribution in [0.25, 0.3) is 5.57 Å². The maximum absolute atomic E-state index is 5.32. The van der Waals surface area contributed by atoms with Gasteiger partial charge < -0.3 is 0 Å². The first-order valence-corrected chi connectivity index (χ1v) is 6.69. The Kier molecular flexibility index (Phi) is 5.12. The molecule has 1 heterocycles. The highest BCUT2D eigenvalue weighted by atomic mass is 14.7. The van der Waals surface area contributed by atoms with E-state index in [2.05, 4.69) is 43.8 Å². The summed E-state index contributed by atoms with van der Waals surface area (Å²) < 4.78 is 0. The summed E-state index contributed by atoms with van der Waals surface area (Å²) in [5, 5.41) is 0. The monoisotopic (exact) mass is 253 g/mol. The molecule has 1 heteroatoms. The van der Waals surface area contributed by atoms with Crippen molar-refractivity contribution in [3.8, 4) is 12.3 Å². The molecule has 0 atom stereocenters. The van der Waals surface area contributed by atoms with Gasteiger partial charge in [-0.25, -0.2) is 0 Å². The summed E-state index contributed by atoms with van der Waals surface area (Å²) in [5.74, 6) is 2.60. The first-order chi connectivity index (χ1) is 8.90. The SMILES string of the molecule is C#C/C(C)=C\C=C(/C)c1ccc(C(C)(C)CC)cn1. The molecule has 0 aliphatic rings. The molecule has 19 heavy (non-hydrogen) atoms. The van der Waals surface area contributed by atoms with Crippen molar-refractivity contribution in [1.29, 1.82) is 0 Å². The van der Waals surface area contributed by atoms with Gasteiger partial charge in [-0.2, -0.15) is 0 Å². The third-order valence-electron chi connectivity index (χ3n) is 3.64. The summed E-state index contributed by atoms with van der Waals surface area (Å²) >= 11 is 0. The second-order valence-corrected chi connectivity index (χ2v) is 5.51. The van der Waals surface area contributed by atoms with E-state index in [4.69, 9.17) is 6.42 Å². The van der Waals surface area contributed by atoms with Crippen LogP contribution in [0, 0.1) is 12.3 Å². The van der Waals surface area contributed by atoms with Gasteiger partial charge in [0.15, 0.2) is 0 Å². The van der Waals surface area contributed by atoms with Crippen LogP contribution in [-0.4, -0.2) is 4.98 Å². The zero-order valence-corrected chi connectivity index (χ0v) is 12.6. The lowest BCUT2D eigenvalue weighted by atomic mass is 9.83. The lowest BCUT2D eigenvalue weighted by Gasteiger charge is -2.22. The number of pyridine rings is 1. The number of rotatable bonds is 4. The van der Waals surface area contributed by atoms with Gasteiger partial charge >= 0.3 is 0 Å². The number of allylic oxidation sites excluding steroid dienone is 4. The molecular weight excluding hydrogens is 230 g/mol. The van der Waals surface area contributed by atoms with E-state index in [1.165, 1.54) is 5.56 Å². The Balaban J connectivity index is 2.97. The first kappa shape index (κ1) is 15.2. The summed E-state index contributed by atoms with van der Waals surface area (Å²) in [4.78, 5) is 4.55. The van der Waals surface area contributed by atoms with Crippen molar-refractivity contribution < 1.29 is 0 Å². The number of nitrogens with zero attached hydrogens (tertiary/aromatic N) is 1. The van der Waals surface area contributed by atoms with Gasteiger partial charge in [-0.05, 0) is 48.5 Å². The topological polar surface area (TPSA) is 12.9 Å². The van der Waals surface area contributed by atoms with Crippen molar-refractivity contribution in [2.24, 2.45) is 0 Å². The highest BCUT2D eigenvalue weighted by molar-refractivity contribution is 5.62. The lowest BCUT2D eigenvalue weighted by Crippen LogP contribution is -2.15. The van der Waals surface area contributed by atoms with Crippen LogP contribution >= 0.6 is 0 Å². The maximum atomic E-state index is 5.32. The Morgan fingerprint density at radius 1 is 1.32 bits per heavy atom. The van der Waals surface area contributed by atoms with E-state index < -0.39 is 0 Å². The Morgan fingerprint density at radius 2 is 2.00 bits per heavy atom. The van der Waals surface area contributed by atoms with Crippen LogP contribution in [0.5, 0.6) is 0 Å². The van der Waals surface area contributed by atoms with Gasteiger partial charge in [0, 0.05) is 6.20 Å². The van der Waals surface area contributed by atoms with Crippen molar-refractivity contribution in [3.05, 3.63) is 47.3 Å². The minimum absolute atomic E-state index is 0.184. The predicted octanol–water partition coefficient (Wildman–Crippen LogP) is 4.75. The van der Waals surface area contributed by atoms with Crippen LogP contribution in [0.2, 0.25) is 0 Å². The molecular formula is C18H23N. The largest absolute Gasteiger partial charge is 0.256 e. The van der Waals surface area contributed by atoms with Crippen LogP contribution in [0.4, 0.5) is 0 Å². The van der Waals surface area contributed by atoms with E-state index >= 15 is 0 Å². The number of hydrogen-bond acceptors (Lipinski definition) is 1. The first-order valence-electron chi connectivity index (χ1n) is 6.69. The molecule has 0 saturated carbocycles. The molecule has 1 aromatic rings. The number of aromatic nitrogens is 1. The summed E-state index contributed by atoms with van der Waals surface area (Å²) in [7, 11) is 0. The highest BCUT2D eigenvalue weighted by Gasteiger charge is 2.18. The van der Waals surface area contributed by atoms with Gasteiger partial charge in [0.05, 0.1) is 5.69 Å². The summed E-state index contributed by atoms with van der Waals surface area (Å²) in [6, 6.07) is 4.25. The van der Waals surface area contributed by atoms with Gasteiger partial charge in [-0.15, -0.1) is 6.42 Å². The van der Waals surface area contributed by atoms with Crippen molar-refractivity contribution in [3.63, 3.8) is 0 Å². The fraction of sp³-hybridized carbons (Fsp3) is 0.389. The van der Waals surface area contributed by atoms with E-state index in [9.17, 15) is 0 Å². The smallest absolute Gasteiger partial charge is 0.0658 e. The van der Waals surface area contributed by atoms with Gasteiger partial charge in [0.2, 0.25) is 0 Å². The van der Waals surface area contributed by atoms with Crippen molar-refractivity contribution in [2.45, 2.75) is 46.5 Å². The fourth-order valence-corrected chi connectivity index (χ4v) is 1.62. The molecule has 1 nitrogen and oxygen atoms in total. The van der Waals surface area contributed by atoms with Crippen LogP contribution in [0.3, 0.4) is 0 Å². The maximum Gasteiger partial charge on any atom is 0.0658 e. The normalized spacial score (nSPS) is 13.3. The molecule has 0 unspecified atom stereocenters. The third-order valence-corrected chi connectivity index (χ3v) is 3.64. The molecule has 0 fully saturated rings. The lowest BCUT2D eigenvalue weighted by molar-refractivity contribution is 0.504. The highest BCUT2D eigenvalue weighted by Crippen LogP contribution is 2.26. The Labute approximate surface area is 117 Å². The second kappa shape index (κ2) is 6.38. The summed E-state index contributed by atoms with van der Waals surface area (Å²) in [5.41, 5.74) is 4.50. The number of hydrogen-bond donors (Lipinski definition) is 0. The molecule has 0 bridgehead atoms. The quantitative estimate of drug-likeness (QED) is 0.557. The Bertz CT molecular complexity index is 522. The molecule has 0 spiro atoms. The third kappa shape index (κ3) is 4.10.